The van der Waals surface area contributed by atoms with Crippen LogP contribution in [-0.4, -0.2) is 33.0 Å². The number of anilines is 1. The van der Waals surface area contributed by atoms with Crippen LogP contribution in [-0.2, 0) is 6.54 Å². The van der Waals surface area contributed by atoms with Gasteiger partial charge in [0.15, 0.2) is 0 Å². The minimum absolute atomic E-state index is 0.0528. The van der Waals surface area contributed by atoms with E-state index in [0.717, 1.165) is 12.8 Å². The number of hydrogen-bond acceptors (Lipinski definition) is 5. The number of nitro groups is 1. The summed E-state index contributed by atoms with van der Waals surface area (Å²) in [5.41, 5.74) is 0.482. The standard InChI is InChI=1S/C12H22N4O3/c1-4-15-12(11(16(18)19)10(3)14-15)13-7-5-6-9(2)8-17/h9,13,17H,4-8H2,1-3H3. The van der Waals surface area contributed by atoms with Crippen LogP contribution in [0.1, 0.15) is 32.4 Å². The molecule has 0 spiro atoms. The number of hydrogen-bond donors (Lipinski definition) is 2. The highest BCUT2D eigenvalue weighted by Gasteiger charge is 2.24. The molecule has 1 atom stereocenters. The van der Waals surface area contributed by atoms with E-state index in [1.54, 1.807) is 11.6 Å². The molecule has 2 N–H and O–H groups in total. The second kappa shape index (κ2) is 7.08. The van der Waals surface area contributed by atoms with Crippen molar-refractivity contribution in [1.82, 2.24) is 9.78 Å². The maximum atomic E-state index is 11.0. The topological polar surface area (TPSA) is 93.2 Å². The highest BCUT2D eigenvalue weighted by atomic mass is 16.6. The summed E-state index contributed by atoms with van der Waals surface area (Å²) in [4.78, 5) is 10.6. The third-order valence-corrected chi connectivity index (χ3v) is 3.06. The van der Waals surface area contributed by atoms with Gasteiger partial charge in [-0.2, -0.15) is 5.10 Å². The second-order valence-corrected chi connectivity index (χ2v) is 4.71. The second-order valence-electron chi connectivity index (χ2n) is 4.71. The van der Waals surface area contributed by atoms with Crippen LogP contribution in [0, 0.1) is 23.0 Å². The fraction of sp³-hybridized carbons (Fsp3) is 0.750. The molecule has 0 fully saturated rings. The Bertz CT molecular complexity index is 431. The molecule has 0 radical (unpaired) electrons. The van der Waals surface area contributed by atoms with Gasteiger partial charge >= 0.3 is 5.69 Å². The number of aliphatic hydroxyl groups is 1. The maximum Gasteiger partial charge on any atom is 0.333 e. The van der Waals surface area contributed by atoms with Crippen molar-refractivity contribution >= 4 is 11.5 Å². The number of aromatic nitrogens is 2. The van der Waals surface area contributed by atoms with E-state index < -0.39 is 4.92 Å². The first-order chi connectivity index (χ1) is 9.01. The number of aryl methyl sites for hydroxylation is 2. The smallest absolute Gasteiger partial charge is 0.333 e. The summed E-state index contributed by atoms with van der Waals surface area (Å²) in [5, 5.41) is 27.2. The molecule has 1 aromatic rings. The van der Waals surface area contributed by atoms with Crippen molar-refractivity contribution in [1.29, 1.82) is 0 Å². The summed E-state index contributed by atoms with van der Waals surface area (Å²) < 4.78 is 1.61. The first-order valence-corrected chi connectivity index (χ1v) is 6.57. The Balaban J connectivity index is 2.68. The predicted molar refractivity (Wildman–Crippen MR) is 73.3 cm³/mol. The molecule has 0 amide bonds. The van der Waals surface area contributed by atoms with E-state index >= 15 is 0 Å². The van der Waals surface area contributed by atoms with E-state index in [-0.39, 0.29) is 18.2 Å². The van der Waals surface area contributed by atoms with Gasteiger partial charge < -0.3 is 10.4 Å². The van der Waals surface area contributed by atoms with Gasteiger partial charge in [-0.05, 0) is 32.6 Å². The molecule has 0 aromatic carbocycles. The van der Waals surface area contributed by atoms with Gasteiger partial charge in [0.1, 0.15) is 5.69 Å². The maximum absolute atomic E-state index is 11.0. The van der Waals surface area contributed by atoms with Crippen LogP contribution in [0.15, 0.2) is 0 Å². The predicted octanol–water partition coefficient (Wildman–Crippen LogP) is 1.94. The Labute approximate surface area is 112 Å². The van der Waals surface area contributed by atoms with Gasteiger partial charge in [0.2, 0.25) is 5.82 Å². The molecule has 1 rings (SSSR count). The lowest BCUT2D eigenvalue weighted by Crippen LogP contribution is -2.11. The molecule has 0 aliphatic rings. The van der Waals surface area contributed by atoms with Crippen LogP contribution in [0.2, 0.25) is 0 Å². The molecule has 7 heteroatoms. The zero-order valence-corrected chi connectivity index (χ0v) is 11.7. The fourth-order valence-electron chi connectivity index (χ4n) is 1.94. The SMILES string of the molecule is CCn1nc(C)c([N+](=O)[O-])c1NCCCC(C)CO. The van der Waals surface area contributed by atoms with Crippen molar-refractivity contribution in [2.45, 2.75) is 40.2 Å². The molecule has 108 valence electrons. The van der Waals surface area contributed by atoms with Crippen LogP contribution in [0.4, 0.5) is 11.5 Å². The zero-order valence-electron chi connectivity index (χ0n) is 11.7. The third-order valence-electron chi connectivity index (χ3n) is 3.06. The molecular formula is C12H22N4O3. The number of rotatable bonds is 8. The van der Waals surface area contributed by atoms with Crippen LogP contribution < -0.4 is 5.32 Å². The largest absolute Gasteiger partial charge is 0.396 e. The molecule has 0 aliphatic heterocycles. The summed E-state index contributed by atoms with van der Waals surface area (Å²) in [6.07, 6.45) is 1.74. The normalized spacial score (nSPS) is 12.4. The number of nitrogens with zero attached hydrogens (tertiary/aromatic N) is 3. The lowest BCUT2D eigenvalue weighted by Gasteiger charge is -2.09. The van der Waals surface area contributed by atoms with Gasteiger partial charge in [0, 0.05) is 19.7 Å². The Morgan fingerprint density at radius 3 is 2.79 bits per heavy atom. The Kier molecular flexibility index (Phi) is 5.75. The third kappa shape index (κ3) is 3.92. The van der Waals surface area contributed by atoms with Crippen molar-refractivity contribution in [3.05, 3.63) is 15.8 Å². The molecular weight excluding hydrogens is 248 g/mol. The van der Waals surface area contributed by atoms with Crippen LogP contribution in [0.5, 0.6) is 0 Å². The first-order valence-electron chi connectivity index (χ1n) is 6.57. The molecule has 19 heavy (non-hydrogen) atoms. The Morgan fingerprint density at radius 1 is 1.58 bits per heavy atom. The lowest BCUT2D eigenvalue weighted by molar-refractivity contribution is -0.384. The number of aliphatic hydroxyl groups excluding tert-OH is 1. The molecule has 0 saturated carbocycles. The van der Waals surface area contributed by atoms with Gasteiger partial charge in [-0.15, -0.1) is 0 Å². The van der Waals surface area contributed by atoms with Crippen molar-refractivity contribution in [3.8, 4) is 0 Å². The van der Waals surface area contributed by atoms with Gasteiger partial charge in [-0.25, -0.2) is 4.68 Å². The van der Waals surface area contributed by atoms with E-state index in [0.29, 0.717) is 24.6 Å². The summed E-state index contributed by atoms with van der Waals surface area (Å²) in [6.45, 7) is 6.91. The summed E-state index contributed by atoms with van der Waals surface area (Å²) in [6, 6.07) is 0. The average molecular weight is 270 g/mol. The summed E-state index contributed by atoms with van der Waals surface area (Å²) >= 11 is 0. The van der Waals surface area contributed by atoms with E-state index in [1.807, 2.05) is 13.8 Å². The Morgan fingerprint density at radius 2 is 2.26 bits per heavy atom. The molecule has 0 aliphatic carbocycles. The molecule has 1 heterocycles. The minimum Gasteiger partial charge on any atom is -0.396 e. The fourth-order valence-corrected chi connectivity index (χ4v) is 1.94. The van der Waals surface area contributed by atoms with Crippen molar-refractivity contribution < 1.29 is 10.0 Å². The van der Waals surface area contributed by atoms with Crippen LogP contribution >= 0.6 is 0 Å². The molecule has 1 unspecified atom stereocenters. The van der Waals surface area contributed by atoms with Gasteiger partial charge in [-0.1, -0.05) is 6.92 Å². The van der Waals surface area contributed by atoms with E-state index in [2.05, 4.69) is 10.4 Å². The molecule has 0 saturated heterocycles. The highest BCUT2D eigenvalue weighted by molar-refractivity contribution is 5.59. The van der Waals surface area contributed by atoms with E-state index in [4.69, 9.17) is 5.11 Å². The Hall–Kier alpha value is -1.63. The lowest BCUT2D eigenvalue weighted by atomic mass is 10.1. The molecule has 1 aromatic heterocycles. The zero-order chi connectivity index (χ0) is 14.4. The van der Waals surface area contributed by atoms with Gasteiger partial charge in [0.25, 0.3) is 0 Å². The quantitative estimate of drug-likeness (QED) is 0.428. The van der Waals surface area contributed by atoms with E-state index in [9.17, 15) is 10.1 Å². The molecule has 7 nitrogen and oxygen atoms in total. The first kappa shape index (κ1) is 15.4. The van der Waals surface area contributed by atoms with Gasteiger partial charge in [-0.3, -0.25) is 10.1 Å². The van der Waals surface area contributed by atoms with Crippen LogP contribution in [0.3, 0.4) is 0 Å². The monoisotopic (exact) mass is 270 g/mol. The average Bonchev–Trinajstić information content (AvgIpc) is 2.70. The van der Waals surface area contributed by atoms with Crippen molar-refractivity contribution in [2.75, 3.05) is 18.5 Å². The van der Waals surface area contributed by atoms with Crippen molar-refractivity contribution in [2.24, 2.45) is 5.92 Å². The van der Waals surface area contributed by atoms with Crippen LogP contribution in [0.25, 0.3) is 0 Å². The van der Waals surface area contributed by atoms with E-state index in [1.165, 1.54) is 0 Å². The minimum atomic E-state index is -0.396. The summed E-state index contributed by atoms with van der Waals surface area (Å²) in [5.74, 6) is 0.733. The summed E-state index contributed by atoms with van der Waals surface area (Å²) in [7, 11) is 0. The highest BCUT2D eigenvalue weighted by Crippen LogP contribution is 2.28. The molecule has 0 bridgehead atoms. The van der Waals surface area contributed by atoms with Crippen molar-refractivity contribution in [3.63, 3.8) is 0 Å². The van der Waals surface area contributed by atoms with Gasteiger partial charge in [0.05, 0.1) is 4.92 Å². The number of nitrogens with one attached hydrogen (secondary N) is 1.